The lowest BCUT2D eigenvalue weighted by Crippen LogP contribution is -2.49. The number of nitrogens with one attached hydrogen (secondary N) is 3. The number of para-hydroxylation sites is 1. The fourth-order valence-corrected chi connectivity index (χ4v) is 4.03. The molecule has 1 amide bonds. The highest BCUT2D eigenvalue weighted by Crippen LogP contribution is 2.22. The first kappa shape index (κ1) is 24.5. The van der Waals surface area contributed by atoms with Crippen molar-refractivity contribution in [2.75, 3.05) is 32.7 Å². The van der Waals surface area contributed by atoms with E-state index >= 15 is 0 Å². The number of piperidine rings is 1. The number of amides is 1. The van der Waals surface area contributed by atoms with Crippen molar-refractivity contribution in [3.05, 3.63) is 35.5 Å². The zero-order valence-corrected chi connectivity index (χ0v) is 20.4. The SMILES string of the molecule is CCNC(=NCCc1c[nH]c2c(CC)cccc12)NC1CCN(CC(N)=O)CC1.I. The molecule has 2 aromatic rings. The Bertz CT molecular complexity index is 841. The van der Waals surface area contributed by atoms with Gasteiger partial charge >= 0.3 is 0 Å². The first-order chi connectivity index (χ1) is 14.1. The van der Waals surface area contributed by atoms with E-state index < -0.39 is 0 Å². The Morgan fingerprint density at radius 1 is 1.27 bits per heavy atom. The number of benzene rings is 1. The number of fused-ring (bicyclic) bond motifs is 1. The van der Waals surface area contributed by atoms with Crippen LogP contribution in [0.5, 0.6) is 0 Å². The summed E-state index contributed by atoms with van der Waals surface area (Å²) in [6.07, 6.45) is 6.02. The van der Waals surface area contributed by atoms with E-state index in [-0.39, 0.29) is 29.9 Å². The summed E-state index contributed by atoms with van der Waals surface area (Å²) in [5, 5.41) is 8.21. The summed E-state index contributed by atoms with van der Waals surface area (Å²) >= 11 is 0. The van der Waals surface area contributed by atoms with Gasteiger partial charge in [-0.05, 0) is 43.7 Å². The van der Waals surface area contributed by atoms with Crippen molar-refractivity contribution >= 4 is 46.7 Å². The van der Waals surface area contributed by atoms with Crippen LogP contribution < -0.4 is 16.4 Å². The Kier molecular flexibility index (Phi) is 9.90. The molecule has 0 unspecified atom stereocenters. The summed E-state index contributed by atoms with van der Waals surface area (Å²) in [4.78, 5) is 21.4. The van der Waals surface area contributed by atoms with E-state index in [1.165, 1.54) is 22.0 Å². The van der Waals surface area contributed by atoms with Crippen LogP contribution in [-0.4, -0.2) is 60.5 Å². The van der Waals surface area contributed by atoms with Gasteiger partial charge in [-0.15, -0.1) is 24.0 Å². The van der Waals surface area contributed by atoms with E-state index in [4.69, 9.17) is 10.7 Å². The number of aromatic nitrogens is 1. The smallest absolute Gasteiger partial charge is 0.231 e. The molecule has 0 spiro atoms. The molecule has 166 valence electrons. The molecule has 0 radical (unpaired) electrons. The molecule has 0 bridgehead atoms. The largest absolute Gasteiger partial charge is 0.369 e. The van der Waals surface area contributed by atoms with E-state index in [9.17, 15) is 4.79 Å². The molecular weight excluding hydrogens is 491 g/mol. The van der Waals surface area contributed by atoms with Crippen LogP contribution in [0.3, 0.4) is 0 Å². The number of nitrogens with zero attached hydrogens (tertiary/aromatic N) is 2. The Balaban J connectivity index is 0.00000320. The molecule has 0 saturated carbocycles. The number of hydrogen-bond acceptors (Lipinski definition) is 3. The summed E-state index contributed by atoms with van der Waals surface area (Å²) in [5.74, 6) is 0.615. The van der Waals surface area contributed by atoms with Crippen LogP contribution in [0.15, 0.2) is 29.4 Å². The van der Waals surface area contributed by atoms with Crippen LogP contribution in [-0.2, 0) is 17.6 Å². The second-order valence-electron chi connectivity index (χ2n) is 7.68. The van der Waals surface area contributed by atoms with Gasteiger partial charge in [0.25, 0.3) is 0 Å². The number of carbonyl (C=O) groups excluding carboxylic acids is 1. The molecule has 2 heterocycles. The van der Waals surface area contributed by atoms with Gasteiger partial charge in [-0.1, -0.05) is 25.1 Å². The van der Waals surface area contributed by atoms with Gasteiger partial charge in [0.1, 0.15) is 0 Å². The van der Waals surface area contributed by atoms with Gasteiger partial charge in [0, 0.05) is 49.3 Å². The first-order valence-electron chi connectivity index (χ1n) is 10.7. The van der Waals surface area contributed by atoms with Gasteiger partial charge in [0.2, 0.25) is 5.91 Å². The predicted molar refractivity (Wildman–Crippen MR) is 135 cm³/mol. The summed E-state index contributed by atoms with van der Waals surface area (Å²) in [5.41, 5.74) is 9.22. The van der Waals surface area contributed by atoms with Crippen LogP contribution in [0.2, 0.25) is 0 Å². The van der Waals surface area contributed by atoms with Crippen LogP contribution in [0.25, 0.3) is 10.9 Å². The van der Waals surface area contributed by atoms with Gasteiger partial charge in [0.15, 0.2) is 5.96 Å². The minimum Gasteiger partial charge on any atom is -0.369 e. The maximum absolute atomic E-state index is 11.1. The van der Waals surface area contributed by atoms with Gasteiger partial charge in [-0.2, -0.15) is 0 Å². The fourth-order valence-electron chi connectivity index (χ4n) is 4.03. The third kappa shape index (κ3) is 6.60. The number of aliphatic imine (C=N–C) groups is 1. The third-order valence-corrected chi connectivity index (χ3v) is 5.57. The Morgan fingerprint density at radius 2 is 2.03 bits per heavy atom. The van der Waals surface area contributed by atoms with Crippen molar-refractivity contribution in [3.8, 4) is 0 Å². The number of aryl methyl sites for hydroxylation is 1. The van der Waals surface area contributed by atoms with Gasteiger partial charge in [-0.25, -0.2) is 0 Å². The number of rotatable bonds is 8. The molecule has 1 saturated heterocycles. The summed E-state index contributed by atoms with van der Waals surface area (Å²) < 4.78 is 0. The van der Waals surface area contributed by atoms with Crippen LogP contribution in [0.4, 0.5) is 0 Å². The Labute approximate surface area is 196 Å². The van der Waals surface area contributed by atoms with Crippen LogP contribution >= 0.6 is 24.0 Å². The molecule has 8 heteroatoms. The zero-order chi connectivity index (χ0) is 20.6. The molecule has 1 fully saturated rings. The molecule has 1 aliphatic heterocycles. The minimum atomic E-state index is -0.255. The van der Waals surface area contributed by atoms with Crippen molar-refractivity contribution in [1.29, 1.82) is 0 Å². The van der Waals surface area contributed by atoms with Crippen molar-refractivity contribution in [2.24, 2.45) is 10.7 Å². The first-order valence-corrected chi connectivity index (χ1v) is 10.7. The summed E-state index contributed by atoms with van der Waals surface area (Å²) in [6, 6.07) is 6.88. The van der Waals surface area contributed by atoms with Crippen LogP contribution in [0.1, 0.15) is 37.8 Å². The van der Waals surface area contributed by atoms with E-state index in [2.05, 4.69) is 58.8 Å². The van der Waals surface area contributed by atoms with Crippen molar-refractivity contribution in [1.82, 2.24) is 20.5 Å². The monoisotopic (exact) mass is 526 g/mol. The fraction of sp³-hybridized carbons (Fsp3) is 0.545. The average molecular weight is 526 g/mol. The molecule has 1 aliphatic rings. The number of hydrogen-bond donors (Lipinski definition) is 4. The normalized spacial score (nSPS) is 15.7. The molecular formula is C22H35IN6O. The Morgan fingerprint density at radius 3 is 2.70 bits per heavy atom. The summed E-state index contributed by atoms with van der Waals surface area (Å²) in [6.45, 7) is 7.96. The number of guanidine groups is 1. The highest BCUT2D eigenvalue weighted by atomic mass is 127. The lowest BCUT2D eigenvalue weighted by Gasteiger charge is -2.32. The highest BCUT2D eigenvalue weighted by molar-refractivity contribution is 14.0. The number of likely N-dealkylation sites (tertiary alicyclic amines) is 1. The lowest BCUT2D eigenvalue weighted by molar-refractivity contribution is -0.119. The molecule has 3 rings (SSSR count). The Hall–Kier alpha value is -1.81. The molecule has 7 nitrogen and oxygen atoms in total. The number of aromatic amines is 1. The van der Waals surface area contributed by atoms with Gasteiger partial charge in [0.05, 0.1) is 6.54 Å². The van der Waals surface area contributed by atoms with Crippen molar-refractivity contribution in [3.63, 3.8) is 0 Å². The quantitative estimate of drug-likeness (QED) is 0.241. The average Bonchev–Trinajstić information content (AvgIpc) is 3.12. The molecule has 0 aliphatic carbocycles. The number of H-pyrrole nitrogens is 1. The third-order valence-electron chi connectivity index (χ3n) is 5.57. The zero-order valence-electron chi connectivity index (χ0n) is 18.0. The van der Waals surface area contributed by atoms with E-state index in [0.29, 0.717) is 12.6 Å². The standard InChI is InChI=1S/C22H34N6O.HI/c1-3-16-6-5-7-19-17(14-26-21(16)19)8-11-25-22(24-4-2)27-18-9-12-28(13-10-18)15-20(23)29;/h5-7,14,18,26H,3-4,8-13,15H2,1-2H3,(H2,23,29)(H2,24,25,27);1H. The van der Waals surface area contributed by atoms with E-state index in [0.717, 1.165) is 57.8 Å². The van der Waals surface area contributed by atoms with Gasteiger partial charge in [-0.3, -0.25) is 14.7 Å². The number of primary amides is 1. The molecule has 1 aromatic carbocycles. The highest BCUT2D eigenvalue weighted by Gasteiger charge is 2.20. The van der Waals surface area contributed by atoms with E-state index in [1.54, 1.807) is 0 Å². The van der Waals surface area contributed by atoms with Crippen molar-refractivity contribution in [2.45, 2.75) is 45.6 Å². The molecule has 1 aromatic heterocycles. The van der Waals surface area contributed by atoms with Crippen LogP contribution in [0, 0.1) is 0 Å². The number of carbonyl (C=O) groups is 1. The number of halogens is 1. The van der Waals surface area contributed by atoms with Crippen molar-refractivity contribution < 1.29 is 4.79 Å². The molecule has 0 atom stereocenters. The second-order valence-corrected chi connectivity index (χ2v) is 7.68. The summed E-state index contributed by atoms with van der Waals surface area (Å²) in [7, 11) is 0. The predicted octanol–water partition coefficient (Wildman–Crippen LogP) is 2.40. The minimum absolute atomic E-state index is 0. The maximum Gasteiger partial charge on any atom is 0.231 e. The number of nitrogens with two attached hydrogens (primary N) is 1. The maximum atomic E-state index is 11.1. The van der Waals surface area contributed by atoms with Gasteiger partial charge < -0.3 is 21.4 Å². The topological polar surface area (TPSA) is 98.5 Å². The molecule has 5 N–H and O–H groups in total. The van der Waals surface area contributed by atoms with E-state index in [1.807, 2.05) is 0 Å². The second kappa shape index (κ2) is 12.1. The lowest BCUT2D eigenvalue weighted by atomic mass is 10.1. The molecule has 30 heavy (non-hydrogen) atoms.